The average Bonchev–Trinajstić information content (AvgIpc) is 3.19. The molecule has 1 atom stereocenters. The summed E-state index contributed by atoms with van der Waals surface area (Å²) in [5.41, 5.74) is 2.90. The number of rotatable bonds is 4. The van der Waals surface area contributed by atoms with Crippen molar-refractivity contribution in [3.8, 4) is 5.75 Å². The molecular weight excluding hydrogens is 445 g/mol. The first-order valence-corrected chi connectivity index (χ1v) is 11.1. The summed E-state index contributed by atoms with van der Waals surface area (Å²) in [5.74, 6) is 0.297. The molecule has 0 saturated carbocycles. The molecule has 2 N–H and O–H groups in total. The minimum Gasteiger partial charge on any atom is -0.507 e. The van der Waals surface area contributed by atoms with E-state index in [1.165, 1.54) is 17.3 Å². The van der Waals surface area contributed by atoms with Crippen molar-refractivity contribution < 1.29 is 10.2 Å². The smallest absolute Gasteiger partial charge is 0.138 e. The number of aromatic hydroxyl groups is 1. The number of aromatic nitrogens is 3. The molecule has 3 aromatic rings. The quantitative estimate of drug-likeness (QED) is 0.446. The van der Waals surface area contributed by atoms with Crippen LogP contribution in [0, 0.1) is 0 Å². The maximum atomic E-state index is 11.3. The van der Waals surface area contributed by atoms with Crippen molar-refractivity contribution in [2.45, 2.75) is 58.5 Å². The number of aliphatic hydroxyl groups is 1. The van der Waals surface area contributed by atoms with Crippen LogP contribution in [-0.2, 0) is 10.8 Å². The molecule has 170 valence electrons. The van der Waals surface area contributed by atoms with Crippen molar-refractivity contribution in [3.63, 3.8) is 0 Å². The highest BCUT2D eigenvalue weighted by molar-refractivity contribution is 6.35. The third-order valence-electron chi connectivity index (χ3n) is 5.28. The molecule has 32 heavy (non-hydrogen) atoms. The van der Waals surface area contributed by atoms with E-state index in [9.17, 15) is 10.2 Å². The number of halogens is 2. The van der Waals surface area contributed by atoms with Gasteiger partial charge in [0.05, 0.1) is 5.70 Å². The van der Waals surface area contributed by atoms with Crippen molar-refractivity contribution in [2.24, 2.45) is 0 Å². The maximum Gasteiger partial charge on any atom is 0.138 e. The van der Waals surface area contributed by atoms with Gasteiger partial charge < -0.3 is 10.2 Å². The van der Waals surface area contributed by atoms with Crippen LogP contribution in [0.3, 0.4) is 0 Å². The Hall–Kier alpha value is -2.34. The Morgan fingerprint density at radius 2 is 1.59 bits per heavy atom. The van der Waals surface area contributed by atoms with Crippen LogP contribution in [0.2, 0.25) is 10.0 Å². The van der Waals surface area contributed by atoms with Crippen molar-refractivity contribution in [1.29, 1.82) is 0 Å². The molecule has 0 fully saturated rings. The van der Waals surface area contributed by atoms with E-state index in [0.29, 0.717) is 27.1 Å². The summed E-state index contributed by atoms with van der Waals surface area (Å²) >= 11 is 12.4. The summed E-state index contributed by atoms with van der Waals surface area (Å²) in [7, 11) is 0. The molecule has 0 aliphatic rings. The monoisotopic (exact) mass is 473 g/mol. The number of nitrogens with zero attached hydrogens (tertiary/aromatic N) is 3. The second-order valence-corrected chi connectivity index (χ2v) is 10.8. The van der Waals surface area contributed by atoms with Gasteiger partial charge in [0.15, 0.2) is 0 Å². The lowest BCUT2D eigenvalue weighted by Crippen LogP contribution is -2.17. The molecule has 2 aromatic carbocycles. The Labute approximate surface area is 199 Å². The van der Waals surface area contributed by atoms with E-state index in [1.54, 1.807) is 18.2 Å². The van der Waals surface area contributed by atoms with Gasteiger partial charge in [-0.25, -0.2) is 9.67 Å². The van der Waals surface area contributed by atoms with Crippen LogP contribution in [-0.4, -0.2) is 25.0 Å². The van der Waals surface area contributed by atoms with E-state index in [-0.39, 0.29) is 10.8 Å². The van der Waals surface area contributed by atoms with E-state index in [1.807, 2.05) is 18.2 Å². The van der Waals surface area contributed by atoms with Crippen LogP contribution in [0.1, 0.15) is 69.9 Å². The lowest BCUT2D eigenvalue weighted by molar-refractivity contribution is 0.231. The Balaban J connectivity index is 2.24. The van der Waals surface area contributed by atoms with Crippen LogP contribution >= 0.6 is 23.2 Å². The van der Waals surface area contributed by atoms with Gasteiger partial charge in [0.1, 0.15) is 24.5 Å². The molecule has 0 unspecified atom stereocenters. The molecule has 0 aliphatic heterocycles. The third-order valence-corrected chi connectivity index (χ3v) is 5.85. The molecule has 1 heterocycles. The van der Waals surface area contributed by atoms with Crippen LogP contribution < -0.4 is 0 Å². The normalized spacial score (nSPS) is 14.0. The highest BCUT2D eigenvalue weighted by Gasteiger charge is 2.27. The standard InChI is InChI=1S/C25H29Cl2N3O2/c1-24(2,3)18-9-15(10-19(23(18)32)25(4,5)6)11-21(30-14-28-13-29-30)22(31)17-8-7-16(26)12-20(17)27/h7-14,22,31-32H,1-6H3/b21-11-/t22-/m1/s1. The SMILES string of the molecule is CC(C)(C)c1cc(/C=C(/[C@H](O)c2ccc(Cl)cc2Cl)n2cncn2)cc(C(C)(C)C)c1O. The Morgan fingerprint density at radius 3 is 2.06 bits per heavy atom. The molecule has 1 aromatic heterocycles. The van der Waals surface area contributed by atoms with Gasteiger partial charge in [0.2, 0.25) is 0 Å². The van der Waals surface area contributed by atoms with Gasteiger partial charge in [0, 0.05) is 26.7 Å². The first-order chi connectivity index (χ1) is 14.8. The maximum absolute atomic E-state index is 11.3. The largest absolute Gasteiger partial charge is 0.507 e. The molecule has 7 heteroatoms. The van der Waals surface area contributed by atoms with Gasteiger partial charge in [-0.2, -0.15) is 5.10 Å². The minimum absolute atomic E-state index is 0.278. The Morgan fingerprint density at radius 1 is 1.00 bits per heavy atom. The van der Waals surface area contributed by atoms with Gasteiger partial charge in [-0.1, -0.05) is 70.8 Å². The Bertz CT molecular complexity index is 1110. The lowest BCUT2D eigenvalue weighted by Gasteiger charge is -2.28. The van der Waals surface area contributed by atoms with E-state index in [2.05, 4.69) is 51.6 Å². The molecule has 3 rings (SSSR count). The number of hydrogen-bond donors (Lipinski definition) is 2. The number of phenols is 1. The first kappa shape index (κ1) is 24.3. The van der Waals surface area contributed by atoms with Gasteiger partial charge in [0.25, 0.3) is 0 Å². The highest BCUT2D eigenvalue weighted by atomic mass is 35.5. The van der Waals surface area contributed by atoms with Gasteiger partial charge in [-0.15, -0.1) is 0 Å². The van der Waals surface area contributed by atoms with E-state index >= 15 is 0 Å². The number of hydrogen-bond acceptors (Lipinski definition) is 4. The van der Waals surface area contributed by atoms with Crippen LogP contribution in [0.25, 0.3) is 11.8 Å². The fourth-order valence-corrected chi connectivity index (χ4v) is 4.06. The van der Waals surface area contributed by atoms with Gasteiger partial charge in [-0.05, 0) is 46.7 Å². The molecular formula is C25H29Cl2N3O2. The Kier molecular flexibility index (Phi) is 6.75. The molecule has 0 aliphatic carbocycles. The summed E-state index contributed by atoms with van der Waals surface area (Å²) in [6.45, 7) is 12.3. The zero-order valence-electron chi connectivity index (χ0n) is 19.2. The van der Waals surface area contributed by atoms with Crippen LogP contribution in [0.4, 0.5) is 0 Å². The lowest BCUT2D eigenvalue weighted by atomic mass is 9.78. The van der Waals surface area contributed by atoms with Gasteiger partial charge >= 0.3 is 0 Å². The predicted octanol–water partition coefficient (Wildman–Crippen LogP) is 6.62. The fourth-order valence-electron chi connectivity index (χ4n) is 3.55. The fraction of sp³-hybridized carbons (Fsp3) is 0.360. The average molecular weight is 474 g/mol. The van der Waals surface area contributed by atoms with Crippen molar-refractivity contribution >= 4 is 35.0 Å². The summed E-state index contributed by atoms with van der Waals surface area (Å²) in [4.78, 5) is 4.03. The molecule has 0 saturated heterocycles. The van der Waals surface area contributed by atoms with Crippen LogP contribution in [0.15, 0.2) is 43.0 Å². The molecule has 0 bridgehead atoms. The number of aliphatic hydroxyl groups excluding tert-OH is 1. The number of phenolic OH excluding ortho intramolecular Hbond substituents is 1. The predicted molar refractivity (Wildman–Crippen MR) is 131 cm³/mol. The van der Waals surface area contributed by atoms with E-state index in [4.69, 9.17) is 23.2 Å². The van der Waals surface area contributed by atoms with Crippen LogP contribution in [0.5, 0.6) is 5.75 Å². The number of benzene rings is 2. The first-order valence-electron chi connectivity index (χ1n) is 10.4. The summed E-state index contributed by atoms with van der Waals surface area (Å²) in [6, 6.07) is 8.85. The van der Waals surface area contributed by atoms with E-state index < -0.39 is 6.10 Å². The van der Waals surface area contributed by atoms with E-state index in [0.717, 1.165) is 16.7 Å². The summed E-state index contributed by atoms with van der Waals surface area (Å²) in [6.07, 6.45) is 3.69. The topological polar surface area (TPSA) is 71.2 Å². The second kappa shape index (κ2) is 8.89. The van der Waals surface area contributed by atoms with Crippen molar-refractivity contribution in [3.05, 3.63) is 75.3 Å². The molecule has 0 radical (unpaired) electrons. The third kappa shape index (κ3) is 5.17. The van der Waals surface area contributed by atoms with Gasteiger partial charge in [-0.3, -0.25) is 0 Å². The minimum atomic E-state index is -1.08. The molecule has 0 spiro atoms. The zero-order chi connectivity index (χ0) is 23.8. The highest BCUT2D eigenvalue weighted by Crippen LogP contribution is 2.41. The van der Waals surface area contributed by atoms with Crippen molar-refractivity contribution in [2.75, 3.05) is 0 Å². The zero-order valence-corrected chi connectivity index (χ0v) is 20.7. The summed E-state index contributed by atoms with van der Waals surface area (Å²) < 4.78 is 1.51. The summed E-state index contributed by atoms with van der Waals surface area (Å²) in [5, 5.41) is 27.4. The second-order valence-electron chi connectivity index (χ2n) is 9.94. The molecule has 0 amide bonds. The molecule has 5 nitrogen and oxygen atoms in total. The van der Waals surface area contributed by atoms with Crippen molar-refractivity contribution in [1.82, 2.24) is 14.8 Å².